The Morgan fingerprint density at radius 2 is 1.67 bits per heavy atom. The molecule has 1 heterocycles. The lowest BCUT2D eigenvalue weighted by molar-refractivity contribution is -0.393. The van der Waals surface area contributed by atoms with E-state index in [9.17, 15) is 25.0 Å². The molecule has 0 aromatic heterocycles. The summed E-state index contributed by atoms with van der Waals surface area (Å²) in [6.45, 7) is 1.02. The molecule has 0 aliphatic carbocycles. The van der Waals surface area contributed by atoms with Crippen LogP contribution in [-0.4, -0.2) is 34.9 Å². The van der Waals surface area contributed by atoms with E-state index in [0.29, 0.717) is 37.2 Å². The molecule has 0 spiro atoms. The highest BCUT2D eigenvalue weighted by Gasteiger charge is 2.27. The summed E-state index contributed by atoms with van der Waals surface area (Å²) >= 11 is 0. The molecular formula is C18H18N4O5. The van der Waals surface area contributed by atoms with Crippen molar-refractivity contribution in [2.45, 2.75) is 18.9 Å². The van der Waals surface area contributed by atoms with Crippen LogP contribution < -0.4 is 10.2 Å². The van der Waals surface area contributed by atoms with Crippen molar-refractivity contribution in [3.63, 3.8) is 0 Å². The maximum Gasteiger partial charge on any atom is 0.299 e. The van der Waals surface area contributed by atoms with Gasteiger partial charge in [-0.1, -0.05) is 18.2 Å². The first-order valence-electron chi connectivity index (χ1n) is 8.49. The largest absolute Gasteiger partial charge is 0.366 e. The molecule has 1 N–H and O–H groups in total. The van der Waals surface area contributed by atoms with Crippen molar-refractivity contribution in [1.82, 2.24) is 5.32 Å². The first-order chi connectivity index (χ1) is 13.0. The quantitative estimate of drug-likeness (QED) is 0.638. The zero-order valence-electron chi connectivity index (χ0n) is 14.4. The van der Waals surface area contributed by atoms with Gasteiger partial charge in [-0.15, -0.1) is 0 Å². The zero-order valence-corrected chi connectivity index (χ0v) is 14.4. The fraction of sp³-hybridized carbons (Fsp3) is 0.278. The zero-order chi connectivity index (χ0) is 19.4. The number of piperidine rings is 1. The van der Waals surface area contributed by atoms with Crippen LogP contribution in [0.25, 0.3) is 0 Å². The average molecular weight is 370 g/mol. The van der Waals surface area contributed by atoms with Crippen molar-refractivity contribution >= 4 is 23.0 Å². The third-order valence-electron chi connectivity index (χ3n) is 4.57. The highest BCUT2D eigenvalue weighted by atomic mass is 16.6. The molecule has 1 aliphatic rings. The Labute approximate surface area is 154 Å². The van der Waals surface area contributed by atoms with Gasteiger partial charge in [-0.2, -0.15) is 0 Å². The highest BCUT2D eigenvalue weighted by molar-refractivity contribution is 5.94. The molecule has 3 rings (SSSR count). The van der Waals surface area contributed by atoms with Gasteiger partial charge in [0.2, 0.25) is 0 Å². The maximum atomic E-state index is 12.2. The van der Waals surface area contributed by atoms with Crippen LogP contribution in [0.1, 0.15) is 23.2 Å². The fourth-order valence-electron chi connectivity index (χ4n) is 3.16. The van der Waals surface area contributed by atoms with Crippen LogP contribution in [0.15, 0.2) is 48.5 Å². The summed E-state index contributed by atoms with van der Waals surface area (Å²) in [5.74, 6) is -0.143. The van der Waals surface area contributed by atoms with Crippen molar-refractivity contribution < 1.29 is 14.6 Å². The minimum atomic E-state index is -0.651. The third-order valence-corrected chi connectivity index (χ3v) is 4.57. The smallest absolute Gasteiger partial charge is 0.299 e. The summed E-state index contributed by atoms with van der Waals surface area (Å²) in [5, 5.41) is 25.1. The van der Waals surface area contributed by atoms with E-state index in [2.05, 4.69) is 5.32 Å². The topological polar surface area (TPSA) is 119 Å². The van der Waals surface area contributed by atoms with Crippen molar-refractivity contribution in [1.29, 1.82) is 0 Å². The number of nitrogens with one attached hydrogen (secondary N) is 1. The molecule has 0 bridgehead atoms. The Morgan fingerprint density at radius 3 is 2.26 bits per heavy atom. The third kappa shape index (κ3) is 4.20. The Kier molecular flexibility index (Phi) is 5.30. The maximum absolute atomic E-state index is 12.2. The highest BCUT2D eigenvalue weighted by Crippen LogP contribution is 2.33. The molecule has 0 saturated carbocycles. The van der Waals surface area contributed by atoms with Crippen LogP contribution in [0.2, 0.25) is 0 Å². The van der Waals surface area contributed by atoms with Crippen LogP contribution in [0.3, 0.4) is 0 Å². The van der Waals surface area contributed by atoms with Gasteiger partial charge in [-0.3, -0.25) is 25.0 Å². The van der Waals surface area contributed by atoms with E-state index in [-0.39, 0.29) is 23.3 Å². The number of carbonyl (C=O) groups excluding carboxylic acids is 1. The van der Waals surface area contributed by atoms with Crippen LogP contribution in [0, 0.1) is 20.2 Å². The molecule has 27 heavy (non-hydrogen) atoms. The normalized spacial score (nSPS) is 14.6. The molecular weight excluding hydrogens is 352 g/mol. The number of nitro groups is 2. The summed E-state index contributed by atoms with van der Waals surface area (Å²) in [4.78, 5) is 35.0. The van der Waals surface area contributed by atoms with E-state index in [4.69, 9.17) is 0 Å². The summed E-state index contributed by atoms with van der Waals surface area (Å²) < 4.78 is 0. The monoisotopic (exact) mass is 370 g/mol. The molecule has 140 valence electrons. The number of benzene rings is 2. The van der Waals surface area contributed by atoms with Crippen LogP contribution in [0.5, 0.6) is 0 Å². The lowest BCUT2D eigenvalue weighted by atomic mass is 10.0. The van der Waals surface area contributed by atoms with Gasteiger partial charge >= 0.3 is 0 Å². The number of anilines is 1. The summed E-state index contributed by atoms with van der Waals surface area (Å²) in [7, 11) is 0. The second-order valence-corrected chi connectivity index (χ2v) is 6.29. The van der Waals surface area contributed by atoms with Crippen LogP contribution in [-0.2, 0) is 0 Å². The van der Waals surface area contributed by atoms with E-state index in [1.54, 1.807) is 24.3 Å². The van der Waals surface area contributed by atoms with E-state index in [1.165, 1.54) is 12.1 Å². The SMILES string of the molecule is O=C(NC1CCN(c2ccc([N+](=O)[O-])cc2[N+](=O)[O-])CC1)c1ccccc1. The number of hydrogen-bond donors (Lipinski definition) is 1. The summed E-state index contributed by atoms with van der Waals surface area (Å²) in [6, 6.07) is 12.6. The standard InChI is InChI=1S/C18H18N4O5/c23-18(13-4-2-1-3-5-13)19-14-8-10-20(11-9-14)16-7-6-15(21(24)25)12-17(16)22(26)27/h1-7,12,14H,8-11H2,(H,19,23). The van der Waals surface area contributed by atoms with Gasteiger partial charge in [-0.05, 0) is 31.0 Å². The predicted octanol–water partition coefficient (Wildman–Crippen LogP) is 2.90. The Morgan fingerprint density at radius 1 is 1.00 bits per heavy atom. The molecule has 9 heteroatoms. The van der Waals surface area contributed by atoms with E-state index >= 15 is 0 Å². The minimum Gasteiger partial charge on any atom is -0.366 e. The van der Waals surface area contributed by atoms with Crippen LogP contribution >= 0.6 is 0 Å². The molecule has 2 aromatic rings. The molecule has 1 saturated heterocycles. The van der Waals surface area contributed by atoms with Gasteiger partial charge in [0.25, 0.3) is 17.3 Å². The second-order valence-electron chi connectivity index (χ2n) is 6.29. The number of hydrogen-bond acceptors (Lipinski definition) is 6. The van der Waals surface area contributed by atoms with Crippen molar-refractivity contribution in [2.24, 2.45) is 0 Å². The van der Waals surface area contributed by atoms with Gasteiger partial charge in [0, 0.05) is 30.8 Å². The second kappa shape index (κ2) is 7.81. The molecule has 9 nitrogen and oxygen atoms in total. The van der Waals surface area contributed by atoms with Gasteiger partial charge in [0.15, 0.2) is 0 Å². The average Bonchev–Trinajstić information content (AvgIpc) is 2.68. The first-order valence-corrected chi connectivity index (χ1v) is 8.49. The van der Waals surface area contributed by atoms with Crippen molar-refractivity contribution in [2.75, 3.05) is 18.0 Å². The number of non-ortho nitro benzene ring substituents is 1. The number of amides is 1. The number of rotatable bonds is 5. The van der Waals surface area contributed by atoms with Crippen molar-refractivity contribution in [3.05, 3.63) is 74.3 Å². The molecule has 0 radical (unpaired) electrons. The summed E-state index contributed by atoms with van der Waals surface area (Å²) in [6.07, 6.45) is 1.26. The Bertz CT molecular complexity index is 863. The number of nitrogens with zero attached hydrogens (tertiary/aromatic N) is 3. The Balaban J connectivity index is 1.66. The lowest BCUT2D eigenvalue weighted by Gasteiger charge is -2.33. The summed E-state index contributed by atoms with van der Waals surface area (Å²) in [5.41, 5.74) is 0.357. The molecule has 1 aliphatic heterocycles. The van der Waals surface area contributed by atoms with E-state index < -0.39 is 9.85 Å². The number of nitro benzene ring substituents is 2. The molecule has 0 atom stereocenters. The van der Waals surface area contributed by atoms with E-state index in [0.717, 1.165) is 6.07 Å². The first kappa shape index (κ1) is 18.3. The van der Waals surface area contributed by atoms with Crippen molar-refractivity contribution in [3.8, 4) is 0 Å². The predicted molar refractivity (Wildman–Crippen MR) is 98.9 cm³/mol. The van der Waals surface area contributed by atoms with Crippen LogP contribution in [0.4, 0.5) is 17.1 Å². The fourth-order valence-corrected chi connectivity index (χ4v) is 3.16. The molecule has 1 fully saturated rings. The van der Waals surface area contributed by atoms with Gasteiger partial charge < -0.3 is 10.2 Å². The lowest BCUT2D eigenvalue weighted by Crippen LogP contribution is -2.44. The Hall–Kier alpha value is -3.49. The van der Waals surface area contributed by atoms with Gasteiger partial charge in [-0.25, -0.2) is 0 Å². The van der Waals surface area contributed by atoms with E-state index in [1.807, 2.05) is 11.0 Å². The minimum absolute atomic E-state index is 0.0222. The molecule has 2 aromatic carbocycles. The van der Waals surface area contributed by atoms with Gasteiger partial charge in [0.05, 0.1) is 15.9 Å². The molecule has 1 amide bonds. The molecule has 0 unspecified atom stereocenters. The number of carbonyl (C=O) groups is 1. The van der Waals surface area contributed by atoms with Gasteiger partial charge in [0.1, 0.15) is 5.69 Å².